The molecule has 0 radical (unpaired) electrons. The largest absolute Gasteiger partial charge is 0.490 e. The second-order valence-electron chi connectivity index (χ2n) is 14.1. The van der Waals surface area contributed by atoms with E-state index in [0.29, 0.717) is 59.7 Å². The first kappa shape index (κ1) is 34.4. The fraction of sp³-hybridized carbons (Fsp3) is 0.629. The van der Waals surface area contributed by atoms with Gasteiger partial charge < -0.3 is 29.0 Å². The molecule has 0 unspecified atom stereocenters. The van der Waals surface area contributed by atoms with E-state index in [0.717, 1.165) is 55.4 Å². The molecule has 11 heteroatoms. The van der Waals surface area contributed by atoms with Crippen LogP contribution in [0.25, 0.3) is 5.65 Å². The molecule has 46 heavy (non-hydrogen) atoms. The van der Waals surface area contributed by atoms with Crippen LogP contribution in [0, 0.1) is 13.8 Å². The number of carbonyl (C=O) groups is 1. The van der Waals surface area contributed by atoms with Crippen molar-refractivity contribution in [3.8, 4) is 5.75 Å². The van der Waals surface area contributed by atoms with Crippen molar-refractivity contribution in [2.45, 2.75) is 124 Å². The van der Waals surface area contributed by atoms with Gasteiger partial charge in [-0.25, -0.2) is 9.78 Å². The highest BCUT2D eigenvalue weighted by Crippen LogP contribution is 2.38. The first-order chi connectivity index (χ1) is 21.7. The van der Waals surface area contributed by atoms with E-state index in [4.69, 9.17) is 40.6 Å². The quantitative estimate of drug-likeness (QED) is 0.309. The van der Waals surface area contributed by atoms with E-state index in [1.165, 1.54) is 0 Å². The smallest absolute Gasteiger partial charge is 0.337 e. The van der Waals surface area contributed by atoms with Crippen molar-refractivity contribution in [1.82, 2.24) is 14.6 Å². The van der Waals surface area contributed by atoms with Crippen LogP contribution in [-0.2, 0) is 32.2 Å². The summed E-state index contributed by atoms with van der Waals surface area (Å²) >= 11 is 6.51. The number of aromatic nitrogens is 3. The zero-order valence-electron chi connectivity index (χ0n) is 28.3. The fourth-order valence-electron chi connectivity index (χ4n) is 6.26. The van der Waals surface area contributed by atoms with E-state index in [2.05, 4.69) is 18.7 Å². The number of aliphatic carboxylic acids is 1. The molecule has 1 N–H and O–H groups in total. The average molecular weight is 657 g/mol. The van der Waals surface area contributed by atoms with Crippen molar-refractivity contribution in [3.05, 3.63) is 51.3 Å². The van der Waals surface area contributed by atoms with Crippen molar-refractivity contribution >= 4 is 29.0 Å². The molecular formula is C35H49ClN4O6. The molecule has 1 fully saturated rings. The number of hydrogen-bond acceptors (Lipinski definition) is 8. The highest BCUT2D eigenvalue weighted by atomic mass is 35.5. The first-order valence-electron chi connectivity index (χ1n) is 16.4. The van der Waals surface area contributed by atoms with Gasteiger partial charge in [0.05, 0.1) is 41.8 Å². The Morgan fingerprint density at radius 2 is 1.87 bits per heavy atom. The lowest BCUT2D eigenvalue weighted by molar-refractivity contribution is -0.160. The van der Waals surface area contributed by atoms with E-state index in [-0.39, 0.29) is 18.3 Å². The summed E-state index contributed by atoms with van der Waals surface area (Å²) in [7, 11) is 0. The monoisotopic (exact) mass is 656 g/mol. The van der Waals surface area contributed by atoms with Crippen molar-refractivity contribution in [1.29, 1.82) is 0 Å². The minimum absolute atomic E-state index is 0.0495. The Kier molecular flexibility index (Phi) is 10.5. The lowest BCUT2D eigenvalue weighted by Crippen LogP contribution is -2.46. The number of rotatable bonds is 3. The zero-order valence-corrected chi connectivity index (χ0v) is 29.1. The van der Waals surface area contributed by atoms with Gasteiger partial charge in [0.15, 0.2) is 11.8 Å². The minimum atomic E-state index is -1.22. The number of hydrogen-bond donors (Lipinski definition) is 1. The van der Waals surface area contributed by atoms with Gasteiger partial charge in [-0.15, -0.1) is 0 Å². The Labute approximate surface area is 277 Å². The van der Waals surface area contributed by atoms with Crippen LogP contribution in [0.4, 0.5) is 5.82 Å². The third-order valence-corrected chi connectivity index (χ3v) is 9.22. The summed E-state index contributed by atoms with van der Waals surface area (Å²) in [4.78, 5) is 19.7. The van der Waals surface area contributed by atoms with Crippen LogP contribution in [0.15, 0.2) is 18.2 Å². The number of aryl methyl sites for hydroxylation is 2. The molecule has 2 aromatic heterocycles. The third kappa shape index (κ3) is 8.13. The second-order valence-corrected chi connectivity index (χ2v) is 14.5. The summed E-state index contributed by atoms with van der Waals surface area (Å²) in [6.07, 6.45) is 4.48. The number of halogens is 1. The number of fused-ring (bicyclic) bond motifs is 11. The fourth-order valence-corrected chi connectivity index (χ4v) is 6.44. The van der Waals surface area contributed by atoms with Gasteiger partial charge in [0.25, 0.3) is 0 Å². The SMILES string of the molecule is Cc1cc2c(cc1Cl)COCc1cc3nc(C)c([C@H](OC(C)(C)C)C(=O)O)c(n3n1)N1CCC(C)(CC1)OCCCCC[C@H](C)O2. The molecule has 3 aliphatic heterocycles. The summed E-state index contributed by atoms with van der Waals surface area (Å²) in [5.41, 5.74) is 3.29. The molecule has 0 aliphatic carbocycles. The van der Waals surface area contributed by atoms with Gasteiger partial charge in [-0.05, 0) is 98.3 Å². The maximum Gasteiger partial charge on any atom is 0.337 e. The standard InChI is InChI=1S/C35H49ClN4O6/c1-22-17-28-25(18-27(22)36)20-43-21-26-19-29-37-24(3)30(31(33(41)42)46-34(4,5)6)32(40(29)38-26)39-14-12-35(7,13-15-39)44-16-10-8-9-11-23(2)45-28/h17-19,23,31H,8-16,20-21H2,1-7H3,(H,41,42)/t23-,31-/m0/s1. The Balaban J connectivity index is 1.54. The van der Waals surface area contributed by atoms with Crippen LogP contribution < -0.4 is 9.64 Å². The van der Waals surface area contributed by atoms with Gasteiger partial charge in [0, 0.05) is 42.0 Å². The van der Waals surface area contributed by atoms with Crippen molar-refractivity contribution in [3.63, 3.8) is 0 Å². The molecule has 3 aliphatic rings. The number of nitrogens with zero attached hydrogens (tertiary/aromatic N) is 4. The predicted molar refractivity (Wildman–Crippen MR) is 178 cm³/mol. The second kappa shape index (κ2) is 14.1. The molecular weight excluding hydrogens is 608 g/mol. The van der Waals surface area contributed by atoms with Crippen LogP contribution in [-0.4, -0.2) is 62.7 Å². The normalized spacial score (nSPS) is 22.7. The van der Waals surface area contributed by atoms with Gasteiger partial charge >= 0.3 is 5.97 Å². The predicted octanol–water partition coefficient (Wildman–Crippen LogP) is 7.37. The maximum absolute atomic E-state index is 12.7. The van der Waals surface area contributed by atoms with E-state index >= 15 is 0 Å². The van der Waals surface area contributed by atoms with E-state index in [9.17, 15) is 9.90 Å². The molecule has 252 valence electrons. The van der Waals surface area contributed by atoms with Gasteiger partial charge in [0.1, 0.15) is 11.6 Å². The van der Waals surface area contributed by atoms with Crippen molar-refractivity contribution < 1.29 is 28.8 Å². The van der Waals surface area contributed by atoms with Gasteiger partial charge in [0.2, 0.25) is 0 Å². The van der Waals surface area contributed by atoms with E-state index in [1.54, 1.807) is 4.52 Å². The molecule has 4 bridgehead atoms. The van der Waals surface area contributed by atoms with Crippen LogP contribution in [0.1, 0.15) is 107 Å². The Hall–Kier alpha value is -2.92. The Bertz CT molecular complexity index is 1540. The topological polar surface area (TPSA) is 108 Å². The van der Waals surface area contributed by atoms with Gasteiger partial charge in [-0.1, -0.05) is 18.0 Å². The summed E-state index contributed by atoms with van der Waals surface area (Å²) in [6, 6.07) is 5.79. The van der Waals surface area contributed by atoms with Crippen LogP contribution in [0.3, 0.4) is 0 Å². The Morgan fingerprint density at radius 1 is 1.13 bits per heavy atom. The highest BCUT2D eigenvalue weighted by Gasteiger charge is 2.37. The number of benzene rings is 1. The molecule has 1 saturated heterocycles. The van der Waals surface area contributed by atoms with Gasteiger partial charge in [-0.2, -0.15) is 9.61 Å². The van der Waals surface area contributed by atoms with Crippen LogP contribution >= 0.6 is 11.6 Å². The van der Waals surface area contributed by atoms with E-state index < -0.39 is 17.7 Å². The number of anilines is 1. The molecule has 3 aromatic rings. The van der Waals surface area contributed by atoms with Crippen LogP contribution in [0.5, 0.6) is 5.75 Å². The lowest BCUT2D eigenvalue weighted by atomic mass is 9.92. The summed E-state index contributed by atoms with van der Waals surface area (Å²) in [6.45, 7) is 16.3. The van der Waals surface area contributed by atoms with Gasteiger partial charge in [-0.3, -0.25) is 0 Å². The number of ether oxygens (including phenoxy) is 4. The molecule has 10 nitrogen and oxygen atoms in total. The van der Waals surface area contributed by atoms with Crippen LogP contribution in [0.2, 0.25) is 5.02 Å². The van der Waals surface area contributed by atoms with E-state index in [1.807, 2.05) is 52.8 Å². The first-order valence-corrected chi connectivity index (χ1v) is 16.8. The molecule has 6 rings (SSSR count). The summed E-state index contributed by atoms with van der Waals surface area (Å²) in [5, 5.41) is 16.0. The molecule has 0 saturated carbocycles. The minimum Gasteiger partial charge on any atom is -0.490 e. The molecule has 1 aromatic carbocycles. The lowest BCUT2D eigenvalue weighted by Gasteiger charge is -2.41. The molecule has 5 heterocycles. The molecule has 0 spiro atoms. The number of carboxylic acid groups (broad SMARTS) is 1. The molecule has 0 amide bonds. The summed E-state index contributed by atoms with van der Waals surface area (Å²) < 4.78 is 27.0. The van der Waals surface area contributed by atoms with Crippen molar-refractivity contribution in [2.75, 3.05) is 24.6 Å². The Morgan fingerprint density at radius 3 is 2.57 bits per heavy atom. The highest BCUT2D eigenvalue weighted by molar-refractivity contribution is 6.31. The number of piperidine rings is 1. The number of carboxylic acids is 1. The van der Waals surface area contributed by atoms with Crippen molar-refractivity contribution in [2.24, 2.45) is 0 Å². The third-order valence-electron chi connectivity index (χ3n) is 8.82. The molecule has 2 atom stereocenters. The maximum atomic E-state index is 12.7. The zero-order chi connectivity index (χ0) is 33.2. The average Bonchev–Trinajstić information content (AvgIpc) is 3.37. The summed E-state index contributed by atoms with van der Waals surface area (Å²) in [5.74, 6) is 0.398.